The molecule has 19 heavy (non-hydrogen) atoms. The fourth-order valence-corrected chi connectivity index (χ4v) is 1.74. The molecule has 1 atom stereocenters. The van der Waals surface area contributed by atoms with E-state index in [9.17, 15) is 9.90 Å². The van der Waals surface area contributed by atoms with Gasteiger partial charge in [-0.15, -0.1) is 0 Å². The van der Waals surface area contributed by atoms with Gasteiger partial charge >= 0.3 is 0 Å². The van der Waals surface area contributed by atoms with Crippen molar-refractivity contribution < 1.29 is 14.3 Å². The van der Waals surface area contributed by atoms with Crippen LogP contribution in [0.5, 0.6) is 0 Å². The zero-order chi connectivity index (χ0) is 14.0. The number of nitrogens with one attached hydrogen (secondary N) is 1. The Morgan fingerprint density at radius 2 is 2.37 bits per heavy atom. The average molecular weight is 263 g/mol. The third-order valence-electron chi connectivity index (χ3n) is 3.13. The predicted octanol–water partition coefficient (Wildman–Crippen LogP) is 0.959. The number of aryl methyl sites for hydroxylation is 1. The molecule has 102 valence electrons. The number of carbonyl (C=O) groups excluding carboxylic acids is 1. The molecule has 2 rings (SSSR count). The first-order valence-corrected chi connectivity index (χ1v) is 5.95. The highest BCUT2D eigenvalue weighted by Gasteiger charge is 2.27. The second-order valence-electron chi connectivity index (χ2n) is 4.70. The molecule has 2 heterocycles. The minimum absolute atomic E-state index is 0.0632. The normalized spacial score (nSPS) is 14.1. The van der Waals surface area contributed by atoms with Crippen LogP contribution in [0.25, 0.3) is 0 Å². The topological polar surface area (TPSA) is 80.3 Å². The highest BCUT2D eigenvalue weighted by molar-refractivity contribution is 5.95. The van der Waals surface area contributed by atoms with Crippen LogP contribution in [-0.2, 0) is 12.6 Å². The van der Waals surface area contributed by atoms with Gasteiger partial charge in [-0.2, -0.15) is 5.10 Å². The average Bonchev–Trinajstić information content (AvgIpc) is 2.99. The highest BCUT2D eigenvalue weighted by Crippen LogP contribution is 2.20. The molecule has 1 unspecified atom stereocenters. The van der Waals surface area contributed by atoms with Crippen LogP contribution in [0.15, 0.2) is 29.0 Å². The van der Waals surface area contributed by atoms with Gasteiger partial charge in [0.15, 0.2) is 0 Å². The molecule has 2 aromatic heterocycles. The molecule has 0 saturated heterocycles. The van der Waals surface area contributed by atoms with Crippen molar-refractivity contribution in [2.24, 2.45) is 7.05 Å². The molecule has 0 aromatic carbocycles. The zero-order valence-corrected chi connectivity index (χ0v) is 11.2. The van der Waals surface area contributed by atoms with Crippen LogP contribution in [0.3, 0.4) is 0 Å². The zero-order valence-electron chi connectivity index (χ0n) is 11.2. The van der Waals surface area contributed by atoms with Crippen LogP contribution >= 0.6 is 0 Å². The van der Waals surface area contributed by atoms with E-state index in [0.29, 0.717) is 11.3 Å². The summed E-state index contributed by atoms with van der Waals surface area (Å²) in [7, 11) is 1.77. The third kappa shape index (κ3) is 2.68. The largest absolute Gasteiger partial charge is 0.466 e. The highest BCUT2D eigenvalue weighted by atomic mass is 16.4. The molecule has 1 amide bonds. The van der Waals surface area contributed by atoms with E-state index in [1.807, 2.05) is 6.92 Å². The Balaban J connectivity index is 2.03. The number of furan rings is 1. The van der Waals surface area contributed by atoms with Gasteiger partial charge in [-0.3, -0.25) is 9.48 Å². The first kappa shape index (κ1) is 13.4. The fourth-order valence-electron chi connectivity index (χ4n) is 1.74. The maximum absolute atomic E-state index is 12.0. The molecule has 0 aliphatic rings. The van der Waals surface area contributed by atoms with E-state index < -0.39 is 5.60 Å². The van der Waals surface area contributed by atoms with Gasteiger partial charge in [0.1, 0.15) is 11.4 Å². The van der Waals surface area contributed by atoms with Gasteiger partial charge in [0.05, 0.1) is 24.6 Å². The van der Waals surface area contributed by atoms with Crippen LogP contribution in [-0.4, -0.2) is 27.3 Å². The first-order valence-electron chi connectivity index (χ1n) is 5.95. The van der Waals surface area contributed by atoms with E-state index in [1.165, 1.54) is 12.5 Å². The molecule has 0 aliphatic heterocycles. The predicted molar refractivity (Wildman–Crippen MR) is 68.6 cm³/mol. The van der Waals surface area contributed by atoms with Gasteiger partial charge in [-0.05, 0) is 26.0 Å². The molecule has 0 aliphatic carbocycles. The molecule has 6 nitrogen and oxygen atoms in total. The number of hydrogen-bond acceptors (Lipinski definition) is 4. The quantitative estimate of drug-likeness (QED) is 0.861. The molecule has 0 bridgehead atoms. The van der Waals surface area contributed by atoms with E-state index in [1.54, 1.807) is 30.8 Å². The number of aliphatic hydroxyl groups is 1. The summed E-state index contributed by atoms with van der Waals surface area (Å²) in [6.07, 6.45) is 2.99. The molecule has 6 heteroatoms. The van der Waals surface area contributed by atoms with Crippen LogP contribution < -0.4 is 5.32 Å². The van der Waals surface area contributed by atoms with E-state index in [2.05, 4.69) is 10.4 Å². The Bertz CT molecular complexity index is 570. The first-order chi connectivity index (χ1) is 8.92. The van der Waals surface area contributed by atoms with E-state index >= 15 is 0 Å². The SMILES string of the molecule is Cc1c(C(=O)NCC(C)(O)c2ccco2)cnn1C. The van der Waals surface area contributed by atoms with Crippen molar-refractivity contribution >= 4 is 5.91 Å². The Kier molecular flexibility index (Phi) is 3.44. The van der Waals surface area contributed by atoms with Crippen molar-refractivity contribution in [2.45, 2.75) is 19.4 Å². The summed E-state index contributed by atoms with van der Waals surface area (Å²) >= 11 is 0. The van der Waals surface area contributed by atoms with Crippen LogP contribution in [0, 0.1) is 6.92 Å². The summed E-state index contributed by atoms with van der Waals surface area (Å²) in [4.78, 5) is 12.0. The van der Waals surface area contributed by atoms with Gasteiger partial charge in [-0.25, -0.2) is 0 Å². The second kappa shape index (κ2) is 4.89. The molecule has 0 spiro atoms. The number of nitrogens with zero attached hydrogens (tertiary/aromatic N) is 2. The van der Waals surface area contributed by atoms with E-state index in [-0.39, 0.29) is 12.5 Å². The minimum atomic E-state index is -1.24. The number of hydrogen-bond donors (Lipinski definition) is 2. The maximum Gasteiger partial charge on any atom is 0.254 e. The molecule has 0 fully saturated rings. The summed E-state index contributed by atoms with van der Waals surface area (Å²) in [5, 5.41) is 16.9. The summed E-state index contributed by atoms with van der Waals surface area (Å²) < 4.78 is 6.77. The number of carbonyl (C=O) groups is 1. The van der Waals surface area contributed by atoms with Crippen LogP contribution in [0.4, 0.5) is 0 Å². The summed E-state index contributed by atoms with van der Waals surface area (Å²) in [5.74, 6) is 0.146. The lowest BCUT2D eigenvalue weighted by Crippen LogP contribution is -2.38. The minimum Gasteiger partial charge on any atom is -0.466 e. The lowest BCUT2D eigenvalue weighted by Gasteiger charge is -2.21. The van der Waals surface area contributed by atoms with Crippen molar-refractivity contribution in [1.29, 1.82) is 0 Å². The number of aromatic nitrogens is 2. The Morgan fingerprint density at radius 1 is 1.63 bits per heavy atom. The molecule has 2 aromatic rings. The lowest BCUT2D eigenvalue weighted by molar-refractivity contribution is 0.0330. The van der Waals surface area contributed by atoms with Crippen molar-refractivity contribution in [3.8, 4) is 0 Å². The van der Waals surface area contributed by atoms with E-state index in [0.717, 1.165) is 5.69 Å². The third-order valence-corrected chi connectivity index (χ3v) is 3.13. The number of amides is 1. The summed E-state index contributed by atoms with van der Waals surface area (Å²) in [5.41, 5.74) is 0.0304. The molecule has 0 radical (unpaired) electrons. The van der Waals surface area contributed by atoms with Crippen molar-refractivity contribution in [3.63, 3.8) is 0 Å². The second-order valence-corrected chi connectivity index (χ2v) is 4.70. The van der Waals surface area contributed by atoms with Gasteiger partial charge in [0.25, 0.3) is 5.91 Å². The Labute approximate surface area is 111 Å². The van der Waals surface area contributed by atoms with Crippen molar-refractivity contribution in [1.82, 2.24) is 15.1 Å². The molecular formula is C13H17N3O3. The van der Waals surface area contributed by atoms with Gasteiger partial charge in [-0.1, -0.05) is 0 Å². The molecule has 2 N–H and O–H groups in total. The maximum atomic E-state index is 12.0. The van der Waals surface area contributed by atoms with Crippen LogP contribution in [0.1, 0.15) is 28.7 Å². The Hall–Kier alpha value is -2.08. The van der Waals surface area contributed by atoms with Gasteiger partial charge < -0.3 is 14.8 Å². The monoisotopic (exact) mass is 263 g/mol. The number of rotatable bonds is 4. The lowest BCUT2D eigenvalue weighted by atomic mass is 10.0. The molecule has 0 saturated carbocycles. The summed E-state index contributed by atoms with van der Waals surface area (Å²) in [6.45, 7) is 3.46. The van der Waals surface area contributed by atoms with Gasteiger partial charge in [0, 0.05) is 12.7 Å². The van der Waals surface area contributed by atoms with Crippen molar-refractivity contribution in [2.75, 3.05) is 6.54 Å². The fraction of sp³-hybridized carbons (Fsp3) is 0.385. The van der Waals surface area contributed by atoms with Crippen molar-refractivity contribution in [3.05, 3.63) is 41.6 Å². The summed E-state index contributed by atoms with van der Waals surface area (Å²) in [6, 6.07) is 3.36. The van der Waals surface area contributed by atoms with E-state index in [4.69, 9.17) is 4.42 Å². The molecular weight excluding hydrogens is 246 g/mol. The smallest absolute Gasteiger partial charge is 0.254 e. The van der Waals surface area contributed by atoms with Gasteiger partial charge in [0.2, 0.25) is 0 Å². The standard InChI is InChI=1S/C13H17N3O3/c1-9-10(7-15-16(9)3)12(17)14-8-13(2,18)11-5-4-6-19-11/h4-7,18H,8H2,1-3H3,(H,14,17). The van der Waals surface area contributed by atoms with Crippen LogP contribution in [0.2, 0.25) is 0 Å². The Morgan fingerprint density at radius 3 is 2.89 bits per heavy atom.